The number of hydrogen-bond donors (Lipinski definition) is 0. The van der Waals surface area contributed by atoms with Crippen molar-refractivity contribution in [3.8, 4) is 0 Å². The Kier molecular flexibility index (Phi) is 5.00. The lowest BCUT2D eigenvalue weighted by atomic mass is 10.1. The monoisotopic (exact) mass is 407 g/mol. The first-order valence-electron chi connectivity index (χ1n) is 9.01. The second-order valence-corrected chi connectivity index (χ2v) is 8.84. The number of hydrogen-bond acceptors (Lipinski definition) is 3. The first-order chi connectivity index (χ1) is 13.5. The molecule has 0 aliphatic carbocycles. The molecule has 1 aliphatic rings. The lowest BCUT2D eigenvalue weighted by Crippen LogP contribution is -2.31. The molecule has 1 aliphatic heterocycles. The van der Waals surface area contributed by atoms with E-state index in [1.165, 1.54) is 16.7 Å². The number of carbonyl (C=O) groups is 2. The van der Waals surface area contributed by atoms with Crippen LogP contribution in [0.1, 0.15) is 19.4 Å². The first kappa shape index (κ1) is 18.8. The fourth-order valence-electron chi connectivity index (χ4n) is 3.35. The number of thioether (sulfide) groups is 1. The highest BCUT2D eigenvalue weighted by molar-refractivity contribution is 8.04. The molecule has 3 aromatic rings. The van der Waals surface area contributed by atoms with Crippen molar-refractivity contribution in [2.75, 3.05) is 4.90 Å². The number of imide groups is 1. The fraction of sp³-hybridized carbons (Fsp3) is 0.130. The van der Waals surface area contributed by atoms with E-state index in [0.717, 1.165) is 10.8 Å². The molecule has 5 heteroatoms. The summed E-state index contributed by atoms with van der Waals surface area (Å²) in [5, 5.41) is 2.61. The van der Waals surface area contributed by atoms with E-state index < -0.39 is 0 Å². The number of carbonyl (C=O) groups excluding carboxylic acids is 2. The van der Waals surface area contributed by atoms with Crippen LogP contribution in [0, 0.1) is 0 Å². The summed E-state index contributed by atoms with van der Waals surface area (Å²) in [5.41, 5.74) is 1.75. The maximum Gasteiger partial charge on any atom is 0.272 e. The van der Waals surface area contributed by atoms with Crippen molar-refractivity contribution in [2.45, 2.75) is 19.1 Å². The summed E-state index contributed by atoms with van der Waals surface area (Å²) in [6.07, 6.45) is 0. The number of benzene rings is 3. The summed E-state index contributed by atoms with van der Waals surface area (Å²) < 4.78 is 0. The summed E-state index contributed by atoms with van der Waals surface area (Å²) in [6.45, 7) is 4.02. The number of rotatable bonds is 4. The summed E-state index contributed by atoms with van der Waals surface area (Å²) in [7, 11) is 0. The molecule has 28 heavy (non-hydrogen) atoms. The van der Waals surface area contributed by atoms with Crippen LogP contribution < -0.4 is 4.90 Å². The van der Waals surface area contributed by atoms with Gasteiger partial charge in [-0.1, -0.05) is 74.0 Å². The van der Waals surface area contributed by atoms with Gasteiger partial charge in [0.1, 0.15) is 0 Å². The van der Waals surface area contributed by atoms with Crippen molar-refractivity contribution in [3.05, 3.63) is 82.2 Å². The third-order valence-electron chi connectivity index (χ3n) is 4.54. The van der Waals surface area contributed by atoms with Crippen LogP contribution in [0.5, 0.6) is 0 Å². The molecule has 0 radical (unpaired) electrons. The van der Waals surface area contributed by atoms with Gasteiger partial charge < -0.3 is 0 Å². The SMILES string of the molecule is CC(C)SC1=C(c2ccc(Cl)cc2)C(=O)N(c2cccc3ccccc23)C1=O. The van der Waals surface area contributed by atoms with Crippen LogP contribution >= 0.6 is 23.4 Å². The van der Waals surface area contributed by atoms with Gasteiger partial charge in [0, 0.05) is 15.7 Å². The standard InChI is InChI=1S/C23H18ClNO2S/c1-14(2)28-21-20(16-10-12-17(24)13-11-16)22(26)25(23(21)27)19-9-5-7-15-6-3-4-8-18(15)19/h3-14H,1-2H3. The van der Waals surface area contributed by atoms with E-state index in [4.69, 9.17) is 11.6 Å². The van der Waals surface area contributed by atoms with E-state index in [1.54, 1.807) is 24.3 Å². The van der Waals surface area contributed by atoms with Crippen LogP contribution in [0.25, 0.3) is 16.3 Å². The summed E-state index contributed by atoms with van der Waals surface area (Å²) in [4.78, 5) is 28.6. The lowest BCUT2D eigenvalue weighted by molar-refractivity contribution is -0.119. The number of nitrogens with zero attached hydrogens (tertiary/aromatic N) is 1. The minimum Gasteiger partial charge on any atom is -0.268 e. The van der Waals surface area contributed by atoms with Crippen LogP contribution in [0.3, 0.4) is 0 Å². The molecule has 0 aromatic heterocycles. The minimum absolute atomic E-state index is 0.168. The first-order valence-corrected chi connectivity index (χ1v) is 10.3. The second-order valence-electron chi connectivity index (χ2n) is 6.82. The highest BCUT2D eigenvalue weighted by Gasteiger charge is 2.41. The summed E-state index contributed by atoms with van der Waals surface area (Å²) in [5.74, 6) is -0.572. The van der Waals surface area contributed by atoms with Crippen molar-refractivity contribution in [1.29, 1.82) is 0 Å². The Morgan fingerprint density at radius 1 is 0.857 bits per heavy atom. The smallest absolute Gasteiger partial charge is 0.268 e. The second kappa shape index (κ2) is 7.46. The van der Waals surface area contributed by atoms with Gasteiger partial charge in [-0.25, -0.2) is 4.90 Å². The maximum absolute atomic E-state index is 13.4. The quantitative estimate of drug-likeness (QED) is 0.504. The third kappa shape index (κ3) is 3.23. The van der Waals surface area contributed by atoms with E-state index >= 15 is 0 Å². The van der Waals surface area contributed by atoms with Crippen LogP contribution in [-0.4, -0.2) is 17.1 Å². The molecule has 0 atom stereocenters. The van der Waals surface area contributed by atoms with Gasteiger partial charge in [0.2, 0.25) is 0 Å². The fourth-order valence-corrected chi connectivity index (χ4v) is 4.46. The maximum atomic E-state index is 13.4. The predicted octanol–water partition coefficient (Wildman–Crippen LogP) is 5.92. The third-order valence-corrected chi connectivity index (χ3v) is 5.87. The largest absolute Gasteiger partial charge is 0.272 e. The number of halogens is 1. The number of anilines is 1. The molecular weight excluding hydrogens is 390 g/mol. The minimum atomic E-state index is -0.299. The molecule has 0 saturated carbocycles. The molecule has 0 fully saturated rings. The van der Waals surface area contributed by atoms with Crippen LogP contribution in [0.4, 0.5) is 5.69 Å². The molecule has 0 spiro atoms. The van der Waals surface area contributed by atoms with Gasteiger partial charge in [0.15, 0.2) is 0 Å². The van der Waals surface area contributed by atoms with Crippen molar-refractivity contribution < 1.29 is 9.59 Å². The predicted molar refractivity (Wildman–Crippen MR) is 118 cm³/mol. The van der Waals surface area contributed by atoms with Gasteiger partial charge in [-0.05, 0) is 29.1 Å². The highest BCUT2D eigenvalue weighted by atomic mass is 35.5. The van der Waals surface area contributed by atoms with Gasteiger partial charge in [0.25, 0.3) is 11.8 Å². The molecule has 3 aromatic carbocycles. The summed E-state index contributed by atoms with van der Waals surface area (Å²) in [6, 6.07) is 20.5. The molecule has 4 rings (SSSR count). The molecule has 0 bridgehead atoms. The van der Waals surface area contributed by atoms with Gasteiger partial charge in [-0.3, -0.25) is 9.59 Å². The molecule has 140 valence electrons. The van der Waals surface area contributed by atoms with Crippen LogP contribution in [0.15, 0.2) is 71.6 Å². The Morgan fingerprint density at radius 3 is 2.25 bits per heavy atom. The van der Waals surface area contributed by atoms with Gasteiger partial charge in [0.05, 0.1) is 16.2 Å². The zero-order valence-corrected chi connectivity index (χ0v) is 17.1. The molecule has 0 N–H and O–H groups in total. The average molecular weight is 408 g/mol. The molecular formula is C23H18ClNO2S. The number of fused-ring (bicyclic) bond motifs is 1. The molecule has 0 unspecified atom stereocenters. The molecule has 0 saturated heterocycles. The van der Waals surface area contributed by atoms with Crippen LogP contribution in [-0.2, 0) is 9.59 Å². The Bertz CT molecular complexity index is 1110. The van der Waals surface area contributed by atoms with E-state index in [9.17, 15) is 9.59 Å². The van der Waals surface area contributed by atoms with Crippen molar-refractivity contribution in [2.24, 2.45) is 0 Å². The molecule has 3 nitrogen and oxygen atoms in total. The molecule has 1 heterocycles. The summed E-state index contributed by atoms with van der Waals surface area (Å²) >= 11 is 7.43. The van der Waals surface area contributed by atoms with E-state index in [0.29, 0.717) is 26.8 Å². The average Bonchev–Trinajstić information content (AvgIpc) is 2.91. The van der Waals surface area contributed by atoms with Crippen LogP contribution in [0.2, 0.25) is 5.02 Å². The normalized spacial score (nSPS) is 14.6. The van der Waals surface area contributed by atoms with Gasteiger partial charge >= 0.3 is 0 Å². The Hall–Kier alpha value is -2.56. The van der Waals surface area contributed by atoms with E-state index in [-0.39, 0.29) is 17.1 Å². The Balaban J connectivity index is 1.88. The molecule has 2 amide bonds. The Morgan fingerprint density at radius 2 is 1.54 bits per heavy atom. The van der Waals surface area contributed by atoms with Crippen molar-refractivity contribution >= 4 is 57.2 Å². The zero-order valence-electron chi connectivity index (χ0n) is 15.5. The van der Waals surface area contributed by atoms with Gasteiger partial charge in [-0.15, -0.1) is 11.8 Å². The zero-order chi connectivity index (χ0) is 19.8. The van der Waals surface area contributed by atoms with E-state index in [1.807, 2.05) is 56.3 Å². The Labute approximate surface area is 173 Å². The topological polar surface area (TPSA) is 37.4 Å². The lowest BCUT2D eigenvalue weighted by Gasteiger charge is -2.18. The van der Waals surface area contributed by atoms with Crippen molar-refractivity contribution in [1.82, 2.24) is 0 Å². The van der Waals surface area contributed by atoms with Crippen molar-refractivity contribution in [3.63, 3.8) is 0 Å². The number of amides is 2. The van der Waals surface area contributed by atoms with Gasteiger partial charge in [-0.2, -0.15) is 0 Å². The van der Waals surface area contributed by atoms with E-state index in [2.05, 4.69) is 0 Å². The highest BCUT2D eigenvalue weighted by Crippen LogP contribution is 2.41.